The van der Waals surface area contributed by atoms with Gasteiger partial charge in [0, 0.05) is 11.5 Å². The van der Waals surface area contributed by atoms with E-state index in [4.69, 9.17) is 4.55 Å². The van der Waals surface area contributed by atoms with Crippen LogP contribution in [0.4, 0.5) is 0 Å². The van der Waals surface area contributed by atoms with Crippen molar-refractivity contribution in [3.63, 3.8) is 0 Å². The Kier molecular flexibility index (Phi) is 6.43. The van der Waals surface area contributed by atoms with Crippen molar-refractivity contribution in [1.82, 2.24) is 0 Å². The minimum Gasteiger partial charge on any atom is -0.286 e. The number of hydrogen-bond donors (Lipinski definition) is 1. The summed E-state index contributed by atoms with van der Waals surface area (Å²) in [5.41, 5.74) is 0. The fourth-order valence-electron chi connectivity index (χ4n) is 0.556. The first-order chi connectivity index (χ1) is 5.39. The molecule has 0 amide bonds. The fraction of sp³-hybridized carbons (Fsp3) is 1.00. The van der Waals surface area contributed by atoms with E-state index in [1.54, 1.807) is 0 Å². The molecule has 1 aliphatic rings. The molecule has 12 heavy (non-hydrogen) atoms. The van der Waals surface area contributed by atoms with Crippen molar-refractivity contribution < 1.29 is 13.0 Å². The summed E-state index contributed by atoms with van der Waals surface area (Å²) in [7, 11) is 0.368. The summed E-state index contributed by atoms with van der Waals surface area (Å²) in [6.07, 6.45) is 2.14. The van der Waals surface area contributed by atoms with Gasteiger partial charge in [-0.1, -0.05) is 28.5 Å². The van der Waals surface area contributed by atoms with Crippen LogP contribution in [0.2, 0.25) is 0 Å². The Bertz CT molecular complexity index is 186. The van der Waals surface area contributed by atoms with Crippen molar-refractivity contribution in [3.05, 3.63) is 0 Å². The summed E-state index contributed by atoms with van der Waals surface area (Å²) in [5, 5.41) is 0. The Balaban J connectivity index is 0.000000217. The summed E-state index contributed by atoms with van der Waals surface area (Å²) in [6.45, 7) is 2.33. The maximum atomic E-state index is 9.19. The first-order valence-corrected chi connectivity index (χ1v) is 7.90. The second-order valence-electron chi connectivity index (χ2n) is 2.73. The predicted molar refractivity (Wildman–Crippen MR) is 56.2 cm³/mol. The molecule has 1 saturated heterocycles. The molecule has 0 bridgehead atoms. The van der Waals surface area contributed by atoms with E-state index in [2.05, 4.69) is 6.92 Å². The second kappa shape index (κ2) is 6.12. The smallest absolute Gasteiger partial charge is 0.261 e. The van der Waals surface area contributed by atoms with E-state index >= 15 is 0 Å². The third-order valence-corrected chi connectivity index (χ3v) is 3.81. The van der Waals surface area contributed by atoms with Crippen LogP contribution in [0.3, 0.4) is 0 Å². The Morgan fingerprint density at radius 2 is 1.92 bits per heavy atom. The van der Waals surface area contributed by atoms with Crippen LogP contribution in [0.5, 0.6) is 0 Å². The van der Waals surface area contributed by atoms with Crippen LogP contribution < -0.4 is 0 Å². The lowest BCUT2D eigenvalue weighted by Gasteiger charge is -2.14. The summed E-state index contributed by atoms with van der Waals surface area (Å²) < 4.78 is 25.9. The SMILES string of the molecule is CC1CCSSC1.CS(=O)(=O)O. The topological polar surface area (TPSA) is 54.4 Å². The van der Waals surface area contributed by atoms with E-state index in [0.717, 1.165) is 5.92 Å². The van der Waals surface area contributed by atoms with Crippen LogP contribution in [0.1, 0.15) is 13.3 Å². The van der Waals surface area contributed by atoms with Gasteiger partial charge < -0.3 is 0 Å². The molecule has 1 aliphatic heterocycles. The van der Waals surface area contributed by atoms with Gasteiger partial charge in [0.25, 0.3) is 10.1 Å². The summed E-state index contributed by atoms with van der Waals surface area (Å²) in [5.74, 6) is 3.71. The summed E-state index contributed by atoms with van der Waals surface area (Å²) in [6, 6.07) is 0. The molecule has 1 heterocycles. The Labute approximate surface area is 81.8 Å². The van der Waals surface area contributed by atoms with Gasteiger partial charge in [-0.25, -0.2) is 0 Å². The second-order valence-corrected chi connectivity index (χ2v) is 6.83. The molecule has 0 aromatic heterocycles. The van der Waals surface area contributed by atoms with Crippen LogP contribution in [0, 0.1) is 5.92 Å². The highest BCUT2D eigenvalue weighted by molar-refractivity contribution is 8.76. The minimum atomic E-state index is -3.67. The average molecular weight is 230 g/mol. The maximum Gasteiger partial charge on any atom is 0.261 e. The van der Waals surface area contributed by atoms with Crippen LogP contribution in [0.25, 0.3) is 0 Å². The molecular formula is C6H14O3S3. The predicted octanol–water partition coefficient (Wildman–Crippen LogP) is 1.91. The van der Waals surface area contributed by atoms with E-state index in [0.29, 0.717) is 6.26 Å². The van der Waals surface area contributed by atoms with E-state index < -0.39 is 10.1 Å². The maximum absolute atomic E-state index is 9.19. The van der Waals surface area contributed by atoms with Crippen LogP contribution in [-0.2, 0) is 10.1 Å². The Hall–Kier alpha value is 0.610. The third kappa shape index (κ3) is 13.2. The van der Waals surface area contributed by atoms with E-state index in [-0.39, 0.29) is 0 Å². The Morgan fingerprint density at radius 3 is 2.08 bits per heavy atom. The quantitative estimate of drug-likeness (QED) is 0.509. The third-order valence-electron chi connectivity index (χ3n) is 1.13. The van der Waals surface area contributed by atoms with Gasteiger partial charge >= 0.3 is 0 Å². The summed E-state index contributed by atoms with van der Waals surface area (Å²) in [4.78, 5) is 0. The molecule has 0 aromatic carbocycles. The highest BCUT2D eigenvalue weighted by Gasteiger charge is 2.07. The first kappa shape index (κ1) is 12.6. The van der Waals surface area contributed by atoms with E-state index in [1.165, 1.54) is 17.9 Å². The number of hydrogen-bond acceptors (Lipinski definition) is 4. The van der Waals surface area contributed by atoms with Crippen molar-refractivity contribution >= 4 is 31.7 Å². The zero-order chi connectivity index (χ0) is 9.61. The molecule has 6 heteroatoms. The molecule has 0 saturated carbocycles. The van der Waals surface area contributed by atoms with Crippen LogP contribution >= 0.6 is 21.6 Å². The van der Waals surface area contributed by atoms with Gasteiger partial charge in [-0.15, -0.1) is 0 Å². The van der Waals surface area contributed by atoms with Crippen molar-refractivity contribution in [2.75, 3.05) is 17.8 Å². The monoisotopic (exact) mass is 230 g/mol. The molecule has 1 rings (SSSR count). The molecule has 0 radical (unpaired) electrons. The van der Waals surface area contributed by atoms with E-state index in [1.807, 2.05) is 21.6 Å². The lowest BCUT2D eigenvalue weighted by molar-refractivity contribution is 0.490. The average Bonchev–Trinajstić information content (AvgIpc) is 1.85. The zero-order valence-electron chi connectivity index (χ0n) is 7.19. The number of rotatable bonds is 0. The molecule has 0 spiro atoms. The largest absolute Gasteiger partial charge is 0.286 e. The molecular weight excluding hydrogens is 216 g/mol. The molecule has 1 N–H and O–H groups in total. The molecule has 1 unspecified atom stereocenters. The van der Waals surface area contributed by atoms with Gasteiger partial charge in [0.2, 0.25) is 0 Å². The normalized spacial score (nSPS) is 24.1. The lowest BCUT2D eigenvalue weighted by Crippen LogP contribution is -2.02. The minimum absolute atomic E-state index is 0.715. The zero-order valence-corrected chi connectivity index (χ0v) is 9.64. The first-order valence-electron chi connectivity index (χ1n) is 3.56. The highest BCUT2D eigenvalue weighted by Crippen LogP contribution is 2.31. The lowest BCUT2D eigenvalue weighted by atomic mass is 10.2. The molecule has 3 nitrogen and oxygen atoms in total. The fourth-order valence-corrected chi connectivity index (χ4v) is 3.30. The molecule has 0 aliphatic carbocycles. The molecule has 74 valence electrons. The van der Waals surface area contributed by atoms with Gasteiger partial charge in [0.05, 0.1) is 6.26 Å². The molecule has 1 fully saturated rings. The molecule has 1 atom stereocenters. The van der Waals surface area contributed by atoms with Gasteiger partial charge in [-0.05, 0) is 12.3 Å². The summed E-state index contributed by atoms with van der Waals surface area (Å²) >= 11 is 0. The van der Waals surface area contributed by atoms with Crippen molar-refractivity contribution in [2.24, 2.45) is 5.92 Å². The van der Waals surface area contributed by atoms with Gasteiger partial charge in [0.15, 0.2) is 0 Å². The van der Waals surface area contributed by atoms with Crippen molar-refractivity contribution in [2.45, 2.75) is 13.3 Å². The molecule has 0 aromatic rings. The van der Waals surface area contributed by atoms with Gasteiger partial charge in [0.1, 0.15) is 0 Å². The van der Waals surface area contributed by atoms with Crippen LogP contribution in [-0.4, -0.2) is 30.7 Å². The van der Waals surface area contributed by atoms with Crippen LogP contribution in [0.15, 0.2) is 0 Å². The Morgan fingerprint density at radius 1 is 1.42 bits per heavy atom. The van der Waals surface area contributed by atoms with Crippen molar-refractivity contribution in [1.29, 1.82) is 0 Å². The van der Waals surface area contributed by atoms with Gasteiger partial charge in [-0.3, -0.25) is 4.55 Å². The van der Waals surface area contributed by atoms with E-state index in [9.17, 15) is 8.42 Å². The van der Waals surface area contributed by atoms with Crippen molar-refractivity contribution in [3.8, 4) is 0 Å². The standard InChI is InChI=1S/C5H10S2.CH4O3S/c1-5-2-3-6-7-4-5;1-5(2,3)4/h5H,2-4H2,1H3;1H3,(H,2,3,4). The van der Waals surface area contributed by atoms with Gasteiger partial charge in [-0.2, -0.15) is 8.42 Å². The highest BCUT2D eigenvalue weighted by atomic mass is 33.1.